The van der Waals surface area contributed by atoms with Gasteiger partial charge in [0, 0.05) is 30.7 Å². The molecular weight excluding hydrogens is 312 g/mol. The molecule has 1 N–H and O–H groups in total. The number of sulfonamides is 1. The van der Waals surface area contributed by atoms with Gasteiger partial charge in [-0.3, -0.25) is 0 Å². The van der Waals surface area contributed by atoms with Crippen LogP contribution in [0.15, 0.2) is 23.1 Å². The zero-order valence-corrected chi connectivity index (χ0v) is 13.9. The van der Waals surface area contributed by atoms with Crippen molar-refractivity contribution in [3.63, 3.8) is 0 Å². The van der Waals surface area contributed by atoms with Gasteiger partial charge >= 0.3 is 0 Å². The summed E-state index contributed by atoms with van der Waals surface area (Å²) in [7, 11) is -3.47. The Morgan fingerprint density at radius 2 is 2.00 bits per heavy atom. The zero-order valence-electron chi connectivity index (χ0n) is 12.3. The van der Waals surface area contributed by atoms with Gasteiger partial charge in [-0.15, -0.1) is 0 Å². The highest BCUT2D eigenvalue weighted by Gasteiger charge is 2.26. The second-order valence-electron chi connectivity index (χ2n) is 5.31. The molecule has 0 aromatic heterocycles. The van der Waals surface area contributed by atoms with Crippen molar-refractivity contribution in [1.29, 1.82) is 0 Å². The van der Waals surface area contributed by atoms with E-state index in [1.165, 1.54) is 4.31 Å². The number of benzene rings is 1. The zero-order chi connectivity index (χ0) is 15.5. The van der Waals surface area contributed by atoms with E-state index in [1.54, 1.807) is 18.2 Å². The molecule has 1 heterocycles. The Kier molecular flexibility index (Phi) is 5.62. The van der Waals surface area contributed by atoms with Crippen LogP contribution >= 0.6 is 11.6 Å². The number of hydrogen-bond acceptors (Lipinski definition) is 4. The topological polar surface area (TPSA) is 58.6 Å². The van der Waals surface area contributed by atoms with E-state index in [-0.39, 0.29) is 4.90 Å². The summed E-state index contributed by atoms with van der Waals surface area (Å²) in [5.41, 5.74) is 0.791. The number of hydrogen-bond donors (Lipinski definition) is 1. The lowest BCUT2D eigenvalue weighted by Crippen LogP contribution is -2.40. The summed E-state index contributed by atoms with van der Waals surface area (Å²) in [5, 5.41) is 3.82. The maximum atomic E-state index is 12.6. The van der Waals surface area contributed by atoms with Gasteiger partial charge < -0.3 is 10.1 Å². The fourth-order valence-corrected chi connectivity index (χ4v) is 3.74. The number of halogens is 1. The molecule has 1 fully saturated rings. The van der Waals surface area contributed by atoms with Crippen LogP contribution in [0.3, 0.4) is 0 Å². The molecule has 1 saturated heterocycles. The average Bonchev–Trinajstić information content (AvgIpc) is 2.47. The third kappa shape index (κ3) is 4.17. The maximum absolute atomic E-state index is 12.6. The highest BCUT2D eigenvalue weighted by Crippen LogP contribution is 2.23. The average molecular weight is 333 g/mol. The highest BCUT2D eigenvalue weighted by atomic mass is 35.5. The molecule has 0 unspecified atom stereocenters. The van der Waals surface area contributed by atoms with Crippen molar-refractivity contribution >= 4 is 21.6 Å². The molecule has 0 spiro atoms. The standard InChI is InChI=1S/C14H21ClN2O3S/c1-11(2)16-10-12-9-13(3-4-14(12)15)21(18,19)17-5-7-20-8-6-17/h3-4,9,11,16H,5-8,10H2,1-2H3. The first-order valence-corrected chi connectivity index (χ1v) is 8.83. The van der Waals surface area contributed by atoms with E-state index in [0.717, 1.165) is 5.56 Å². The molecule has 1 aliphatic heterocycles. The minimum atomic E-state index is -3.47. The van der Waals surface area contributed by atoms with Gasteiger partial charge in [0.2, 0.25) is 10.0 Å². The van der Waals surface area contributed by atoms with E-state index in [9.17, 15) is 8.42 Å². The van der Waals surface area contributed by atoms with Crippen LogP contribution in [0.1, 0.15) is 19.4 Å². The smallest absolute Gasteiger partial charge is 0.243 e. The van der Waals surface area contributed by atoms with Gasteiger partial charge in [0.25, 0.3) is 0 Å². The van der Waals surface area contributed by atoms with E-state index in [0.29, 0.717) is 43.9 Å². The van der Waals surface area contributed by atoms with E-state index >= 15 is 0 Å². The second kappa shape index (κ2) is 7.07. The van der Waals surface area contributed by atoms with Gasteiger partial charge in [0.05, 0.1) is 18.1 Å². The SMILES string of the molecule is CC(C)NCc1cc(S(=O)(=O)N2CCOCC2)ccc1Cl. The molecule has 0 aliphatic carbocycles. The maximum Gasteiger partial charge on any atom is 0.243 e. The lowest BCUT2D eigenvalue weighted by atomic mass is 10.2. The first-order chi connectivity index (χ1) is 9.91. The Balaban J connectivity index is 2.24. The molecule has 0 bridgehead atoms. The van der Waals surface area contributed by atoms with E-state index in [2.05, 4.69) is 5.32 Å². The van der Waals surface area contributed by atoms with Crippen LogP contribution < -0.4 is 5.32 Å². The van der Waals surface area contributed by atoms with Gasteiger partial charge in [-0.25, -0.2) is 8.42 Å². The number of morpholine rings is 1. The largest absolute Gasteiger partial charge is 0.379 e. The number of nitrogens with one attached hydrogen (secondary N) is 1. The molecule has 1 aromatic carbocycles. The molecule has 0 amide bonds. The predicted octanol–water partition coefficient (Wildman–Crippen LogP) is 1.86. The molecule has 0 radical (unpaired) electrons. The van der Waals surface area contributed by atoms with Crippen molar-refractivity contribution in [1.82, 2.24) is 9.62 Å². The minimum Gasteiger partial charge on any atom is -0.379 e. The van der Waals surface area contributed by atoms with E-state index in [4.69, 9.17) is 16.3 Å². The Hall–Kier alpha value is -0.660. The molecule has 118 valence electrons. The van der Waals surface area contributed by atoms with Crippen LogP contribution in [0, 0.1) is 0 Å². The number of rotatable bonds is 5. The Bertz CT molecular complexity index is 584. The van der Waals surface area contributed by atoms with Crippen LogP contribution in [0.5, 0.6) is 0 Å². The summed E-state index contributed by atoms with van der Waals surface area (Å²) in [4.78, 5) is 0.286. The van der Waals surface area contributed by atoms with Gasteiger partial charge in [0.15, 0.2) is 0 Å². The second-order valence-corrected chi connectivity index (χ2v) is 7.65. The van der Waals surface area contributed by atoms with Crippen molar-refractivity contribution in [3.05, 3.63) is 28.8 Å². The number of nitrogens with zero attached hydrogens (tertiary/aromatic N) is 1. The monoisotopic (exact) mass is 332 g/mol. The summed E-state index contributed by atoms with van der Waals surface area (Å²) in [5.74, 6) is 0. The molecule has 0 atom stereocenters. The first-order valence-electron chi connectivity index (χ1n) is 7.01. The van der Waals surface area contributed by atoms with Gasteiger partial charge in [-0.05, 0) is 23.8 Å². The molecule has 2 rings (SSSR count). The summed E-state index contributed by atoms with van der Waals surface area (Å²) < 4.78 is 31.9. The molecule has 1 aliphatic rings. The van der Waals surface area contributed by atoms with Gasteiger partial charge in [0.1, 0.15) is 0 Å². The molecule has 7 heteroatoms. The first kappa shape index (κ1) is 16.7. The normalized spacial score (nSPS) is 17.3. The van der Waals surface area contributed by atoms with Crippen LogP contribution in [-0.2, 0) is 21.3 Å². The lowest BCUT2D eigenvalue weighted by Gasteiger charge is -2.26. The van der Waals surface area contributed by atoms with Crippen LogP contribution in [-0.4, -0.2) is 45.1 Å². The fourth-order valence-electron chi connectivity index (χ4n) is 2.10. The summed E-state index contributed by atoms with van der Waals surface area (Å²) in [6.07, 6.45) is 0. The summed E-state index contributed by atoms with van der Waals surface area (Å²) in [6, 6.07) is 5.17. The van der Waals surface area contributed by atoms with Crippen molar-refractivity contribution in [2.24, 2.45) is 0 Å². The van der Waals surface area contributed by atoms with E-state index in [1.807, 2.05) is 13.8 Å². The van der Waals surface area contributed by atoms with Crippen molar-refractivity contribution in [2.75, 3.05) is 26.3 Å². The molecular formula is C14H21ClN2O3S. The predicted molar refractivity (Wildman–Crippen MR) is 83.0 cm³/mol. The number of ether oxygens (including phenoxy) is 1. The van der Waals surface area contributed by atoms with Crippen molar-refractivity contribution < 1.29 is 13.2 Å². The van der Waals surface area contributed by atoms with Crippen LogP contribution in [0.4, 0.5) is 0 Å². The molecule has 1 aromatic rings. The fraction of sp³-hybridized carbons (Fsp3) is 0.571. The summed E-state index contributed by atoms with van der Waals surface area (Å²) >= 11 is 6.15. The lowest BCUT2D eigenvalue weighted by molar-refractivity contribution is 0.0730. The Labute approximate surface area is 131 Å². The highest BCUT2D eigenvalue weighted by molar-refractivity contribution is 7.89. The summed E-state index contributed by atoms with van der Waals surface area (Å²) in [6.45, 7) is 6.27. The van der Waals surface area contributed by atoms with Gasteiger partial charge in [-0.1, -0.05) is 25.4 Å². The quantitative estimate of drug-likeness (QED) is 0.894. The van der Waals surface area contributed by atoms with E-state index < -0.39 is 10.0 Å². The van der Waals surface area contributed by atoms with Gasteiger partial charge in [-0.2, -0.15) is 4.31 Å². The minimum absolute atomic E-state index is 0.286. The third-order valence-corrected chi connectivity index (χ3v) is 5.59. The Morgan fingerprint density at radius 1 is 1.33 bits per heavy atom. The Morgan fingerprint density at radius 3 is 2.62 bits per heavy atom. The van der Waals surface area contributed by atoms with Crippen LogP contribution in [0.2, 0.25) is 5.02 Å². The molecule has 5 nitrogen and oxygen atoms in total. The molecule has 21 heavy (non-hydrogen) atoms. The molecule has 0 saturated carbocycles. The van der Waals surface area contributed by atoms with Crippen molar-refractivity contribution in [2.45, 2.75) is 31.3 Å². The van der Waals surface area contributed by atoms with Crippen molar-refractivity contribution in [3.8, 4) is 0 Å². The third-order valence-electron chi connectivity index (χ3n) is 3.33. The van der Waals surface area contributed by atoms with Crippen LogP contribution in [0.25, 0.3) is 0 Å².